The predicted molar refractivity (Wildman–Crippen MR) is 94.1 cm³/mol. The summed E-state index contributed by atoms with van der Waals surface area (Å²) in [6, 6.07) is 10.2. The number of benzene rings is 1. The highest BCUT2D eigenvalue weighted by molar-refractivity contribution is 5.23. The van der Waals surface area contributed by atoms with Crippen LogP contribution in [0.5, 0.6) is 0 Å². The highest BCUT2D eigenvalue weighted by atomic mass is 16.3. The third kappa shape index (κ3) is 6.10. The van der Waals surface area contributed by atoms with E-state index in [1.807, 2.05) is 18.2 Å². The largest absolute Gasteiger partial charge is 0.396 e. The van der Waals surface area contributed by atoms with E-state index in [1.54, 1.807) is 0 Å². The number of unbranched alkanes of at least 4 members (excludes halogenated alkanes) is 4. The Hall–Kier alpha value is -0.860. The van der Waals surface area contributed by atoms with Crippen molar-refractivity contribution in [3.05, 3.63) is 35.9 Å². The summed E-state index contributed by atoms with van der Waals surface area (Å²) in [6.45, 7) is 4.51. The van der Waals surface area contributed by atoms with Gasteiger partial charge in [0.1, 0.15) is 0 Å². The van der Waals surface area contributed by atoms with Crippen LogP contribution in [0.2, 0.25) is 0 Å². The molecule has 0 aliphatic rings. The molecule has 0 saturated heterocycles. The Balaban J connectivity index is 2.91. The van der Waals surface area contributed by atoms with Gasteiger partial charge >= 0.3 is 0 Å². The summed E-state index contributed by atoms with van der Waals surface area (Å²) in [5, 5.41) is 20.9. The molecule has 0 amide bonds. The maximum atomic E-state index is 11.4. The van der Waals surface area contributed by atoms with Crippen molar-refractivity contribution >= 4 is 0 Å². The topological polar surface area (TPSA) is 40.5 Å². The molecule has 1 rings (SSSR count). The average molecular weight is 306 g/mol. The Morgan fingerprint density at radius 2 is 1.45 bits per heavy atom. The van der Waals surface area contributed by atoms with E-state index in [-0.39, 0.29) is 12.5 Å². The summed E-state index contributed by atoms with van der Waals surface area (Å²) in [5.41, 5.74) is 0.473. The Kier molecular flexibility index (Phi) is 9.42. The van der Waals surface area contributed by atoms with Gasteiger partial charge in [-0.3, -0.25) is 0 Å². The van der Waals surface area contributed by atoms with E-state index in [2.05, 4.69) is 26.0 Å². The van der Waals surface area contributed by atoms with Gasteiger partial charge in [-0.25, -0.2) is 0 Å². The molecule has 1 unspecified atom stereocenters. The molecule has 2 heteroatoms. The highest BCUT2D eigenvalue weighted by Gasteiger charge is 2.36. The summed E-state index contributed by atoms with van der Waals surface area (Å²) in [6.07, 6.45) is 9.10. The molecule has 0 aromatic heterocycles. The quantitative estimate of drug-likeness (QED) is 0.531. The van der Waals surface area contributed by atoms with Crippen LogP contribution in [0, 0.1) is 0 Å². The standard InChI is InChI=1S/C20H34O2/c1-3-5-10-15-20(22,16-11-6-4-2)19(14-17-21)18-12-8-7-9-13-18/h7-9,12-13,19,21-22H,3-6,10-11,14-17H2,1-2H3. The van der Waals surface area contributed by atoms with Crippen molar-refractivity contribution in [1.29, 1.82) is 0 Å². The van der Waals surface area contributed by atoms with Gasteiger partial charge in [-0.05, 0) is 24.8 Å². The molecule has 0 fully saturated rings. The summed E-state index contributed by atoms with van der Waals surface area (Å²) >= 11 is 0. The van der Waals surface area contributed by atoms with Gasteiger partial charge in [0.2, 0.25) is 0 Å². The predicted octanol–water partition coefficient (Wildman–Crippen LogP) is 5.04. The van der Waals surface area contributed by atoms with E-state index < -0.39 is 5.60 Å². The molecule has 0 bridgehead atoms. The van der Waals surface area contributed by atoms with Crippen LogP contribution in [0.4, 0.5) is 0 Å². The van der Waals surface area contributed by atoms with Gasteiger partial charge in [-0.2, -0.15) is 0 Å². The summed E-state index contributed by atoms with van der Waals surface area (Å²) in [4.78, 5) is 0. The fourth-order valence-corrected chi connectivity index (χ4v) is 3.40. The molecule has 1 aromatic carbocycles. The zero-order chi connectivity index (χ0) is 16.3. The Morgan fingerprint density at radius 3 is 1.91 bits per heavy atom. The third-order valence-corrected chi connectivity index (χ3v) is 4.69. The van der Waals surface area contributed by atoms with E-state index in [0.29, 0.717) is 6.42 Å². The van der Waals surface area contributed by atoms with Crippen LogP contribution >= 0.6 is 0 Å². The minimum Gasteiger partial charge on any atom is -0.396 e. The molecule has 0 aliphatic carbocycles. The van der Waals surface area contributed by atoms with E-state index in [0.717, 1.165) is 44.1 Å². The van der Waals surface area contributed by atoms with Crippen molar-refractivity contribution in [3.8, 4) is 0 Å². The molecule has 1 aromatic rings. The van der Waals surface area contributed by atoms with Crippen LogP contribution in [0.3, 0.4) is 0 Å². The van der Waals surface area contributed by atoms with Crippen molar-refractivity contribution in [2.45, 2.75) is 83.2 Å². The first-order valence-corrected chi connectivity index (χ1v) is 9.06. The number of hydrogen-bond acceptors (Lipinski definition) is 2. The molecule has 0 heterocycles. The van der Waals surface area contributed by atoms with Gasteiger partial charge in [0.05, 0.1) is 5.60 Å². The fraction of sp³-hybridized carbons (Fsp3) is 0.700. The summed E-state index contributed by atoms with van der Waals surface area (Å²) in [5.74, 6) is 0.0346. The van der Waals surface area contributed by atoms with Crippen LogP contribution in [-0.4, -0.2) is 22.4 Å². The van der Waals surface area contributed by atoms with Gasteiger partial charge < -0.3 is 10.2 Å². The molecule has 1 atom stereocenters. The Bertz CT molecular complexity index is 365. The van der Waals surface area contributed by atoms with Gasteiger partial charge in [-0.1, -0.05) is 82.7 Å². The first-order valence-electron chi connectivity index (χ1n) is 9.06. The van der Waals surface area contributed by atoms with E-state index in [4.69, 9.17) is 0 Å². The minimum absolute atomic E-state index is 0.0346. The molecule has 22 heavy (non-hydrogen) atoms. The molecule has 0 radical (unpaired) electrons. The fourth-order valence-electron chi connectivity index (χ4n) is 3.40. The maximum absolute atomic E-state index is 11.4. The van der Waals surface area contributed by atoms with Gasteiger partial charge in [0.15, 0.2) is 0 Å². The molecule has 0 spiro atoms. The molecular formula is C20H34O2. The van der Waals surface area contributed by atoms with Crippen LogP contribution in [0.15, 0.2) is 30.3 Å². The van der Waals surface area contributed by atoms with Crippen molar-refractivity contribution in [2.24, 2.45) is 0 Å². The monoisotopic (exact) mass is 306 g/mol. The van der Waals surface area contributed by atoms with Crippen LogP contribution < -0.4 is 0 Å². The lowest BCUT2D eigenvalue weighted by molar-refractivity contribution is -0.0158. The number of aliphatic hydroxyl groups is 2. The van der Waals surface area contributed by atoms with E-state index in [1.165, 1.54) is 12.8 Å². The SMILES string of the molecule is CCCCCC(O)(CCCCC)C(CCO)c1ccccc1. The normalized spacial score (nSPS) is 13.3. The van der Waals surface area contributed by atoms with Crippen molar-refractivity contribution < 1.29 is 10.2 Å². The molecular weight excluding hydrogens is 272 g/mol. The molecule has 0 aliphatic heterocycles. The average Bonchev–Trinajstić information content (AvgIpc) is 2.54. The second-order valence-corrected chi connectivity index (χ2v) is 6.49. The first kappa shape index (κ1) is 19.2. The van der Waals surface area contributed by atoms with Crippen molar-refractivity contribution in [3.63, 3.8) is 0 Å². The molecule has 126 valence electrons. The zero-order valence-corrected chi connectivity index (χ0v) is 14.4. The lowest BCUT2D eigenvalue weighted by Crippen LogP contribution is -2.37. The van der Waals surface area contributed by atoms with Crippen LogP contribution in [0.25, 0.3) is 0 Å². The summed E-state index contributed by atoms with van der Waals surface area (Å²) < 4.78 is 0. The minimum atomic E-state index is -0.686. The lowest BCUT2D eigenvalue weighted by Gasteiger charge is -2.37. The lowest BCUT2D eigenvalue weighted by atomic mass is 9.74. The summed E-state index contributed by atoms with van der Waals surface area (Å²) in [7, 11) is 0. The second kappa shape index (κ2) is 10.8. The number of rotatable bonds is 12. The smallest absolute Gasteiger partial charge is 0.0716 e. The number of aliphatic hydroxyl groups excluding tert-OH is 1. The molecule has 2 N–H and O–H groups in total. The van der Waals surface area contributed by atoms with Gasteiger partial charge in [-0.15, -0.1) is 0 Å². The Labute approximate surface area is 136 Å². The maximum Gasteiger partial charge on any atom is 0.0716 e. The van der Waals surface area contributed by atoms with E-state index >= 15 is 0 Å². The van der Waals surface area contributed by atoms with E-state index in [9.17, 15) is 10.2 Å². The van der Waals surface area contributed by atoms with Crippen molar-refractivity contribution in [2.75, 3.05) is 6.61 Å². The highest BCUT2D eigenvalue weighted by Crippen LogP contribution is 2.39. The third-order valence-electron chi connectivity index (χ3n) is 4.69. The van der Waals surface area contributed by atoms with Gasteiger partial charge in [0, 0.05) is 12.5 Å². The van der Waals surface area contributed by atoms with Crippen molar-refractivity contribution in [1.82, 2.24) is 0 Å². The number of hydrogen-bond donors (Lipinski definition) is 2. The zero-order valence-electron chi connectivity index (χ0n) is 14.4. The van der Waals surface area contributed by atoms with Crippen LogP contribution in [0.1, 0.15) is 83.1 Å². The molecule has 0 saturated carbocycles. The first-order chi connectivity index (χ1) is 10.7. The second-order valence-electron chi connectivity index (χ2n) is 6.49. The van der Waals surface area contributed by atoms with Gasteiger partial charge in [0.25, 0.3) is 0 Å². The molecule has 2 nitrogen and oxygen atoms in total. The van der Waals surface area contributed by atoms with Crippen LogP contribution in [-0.2, 0) is 0 Å². The Morgan fingerprint density at radius 1 is 0.909 bits per heavy atom.